The van der Waals surface area contributed by atoms with Gasteiger partial charge in [-0.3, -0.25) is 9.59 Å². The molecule has 3 aromatic carbocycles. The molecule has 0 unspecified atom stereocenters. The van der Waals surface area contributed by atoms with Crippen molar-refractivity contribution in [1.29, 1.82) is 0 Å². The SMILES string of the molecule is COc1cccc(NC(=O)CN(CC(=O)Nc2cccc(OC)c2)c2ccc(C)c(C)c2)c1. The number of aryl methyl sites for hydroxylation is 2. The van der Waals surface area contributed by atoms with Gasteiger partial charge in [-0.05, 0) is 61.4 Å². The van der Waals surface area contributed by atoms with Crippen molar-refractivity contribution >= 4 is 28.9 Å². The maximum absolute atomic E-state index is 12.8. The number of benzene rings is 3. The van der Waals surface area contributed by atoms with Crippen LogP contribution in [0, 0.1) is 13.8 Å². The van der Waals surface area contributed by atoms with Crippen LogP contribution in [0.15, 0.2) is 66.7 Å². The molecule has 0 aliphatic heterocycles. The van der Waals surface area contributed by atoms with E-state index in [2.05, 4.69) is 10.6 Å². The molecule has 0 fully saturated rings. The minimum Gasteiger partial charge on any atom is -0.497 e. The third kappa shape index (κ3) is 6.74. The van der Waals surface area contributed by atoms with Crippen LogP contribution in [0.25, 0.3) is 0 Å². The Hall–Kier alpha value is -4.00. The zero-order valence-electron chi connectivity index (χ0n) is 19.3. The molecule has 3 rings (SSSR count). The molecule has 0 saturated carbocycles. The van der Waals surface area contributed by atoms with E-state index in [1.165, 1.54) is 0 Å². The molecule has 0 saturated heterocycles. The van der Waals surface area contributed by atoms with Gasteiger partial charge in [-0.15, -0.1) is 0 Å². The topological polar surface area (TPSA) is 79.9 Å². The van der Waals surface area contributed by atoms with Crippen molar-refractivity contribution in [2.45, 2.75) is 13.8 Å². The number of amides is 2. The molecule has 0 aromatic heterocycles. The number of methoxy groups -OCH3 is 2. The van der Waals surface area contributed by atoms with E-state index < -0.39 is 0 Å². The van der Waals surface area contributed by atoms with E-state index in [1.807, 2.05) is 32.0 Å². The van der Waals surface area contributed by atoms with Crippen molar-refractivity contribution in [3.05, 3.63) is 77.9 Å². The average Bonchev–Trinajstić information content (AvgIpc) is 2.80. The van der Waals surface area contributed by atoms with Crippen molar-refractivity contribution in [3.8, 4) is 11.5 Å². The van der Waals surface area contributed by atoms with E-state index in [0.717, 1.165) is 16.8 Å². The van der Waals surface area contributed by atoms with Crippen molar-refractivity contribution < 1.29 is 19.1 Å². The first-order valence-corrected chi connectivity index (χ1v) is 10.6. The summed E-state index contributed by atoms with van der Waals surface area (Å²) >= 11 is 0. The third-order valence-electron chi connectivity index (χ3n) is 5.23. The molecule has 2 amide bonds. The second kappa shape index (κ2) is 11.0. The van der Waals surface area contributed by atoms with E-state index in [4.69, 9.17) is 9.47 Å². The zero-order chi connectivity index (χ0) is 23.8. The van der Waals surface area contributed by atoms with E-state index in [9.17, 15) is 9.59 Å². The highest BCUT2D eigenvalue weighted by atomic mass is 16.5. The third-order valence-corrected chi connectivity index (χ3v) is 5.23. The smallest absolute Gasteiger partial charge is 0.243 e. The van der Waals surface area contributed by atoms with E-state index >= 15 is 0 Å². The molecule has 0 spiro atoms. The van der Waals surface area contributed by atoms with Gasteiger partial charge in [-0.1, -0.05) is 18.2 Å². The molecule has 0 atom stereocenters. The van der Waals surface area contributed by atoms with Crippen LogP contribution < -0.4 is 25.0 Å². The Morgan fingerprint density at radius 3 is 1.70 bits per heavy atom. The highest BCUT2D eigenvalue weighted by molar-refractivity contribution is 5.98. The van der Waals surface area contributed by atoms with Crippen molar-refractivity contribution in [2.24, 2.45) is 0 Å². The molecule has 0 bridgehead atoms. The van der Waals surface area contributed by atoms with Gasteiger partial charge in [-0.25, -0.2) is 0 Å². The highest BCUT2D eigenvalue weighted by Crippen LogP contribution is 2.21. The normalized spacial score (nSPS) is 10.3. The minimum atomic E-state index is -0.240. The van der Waals surface area contributed by atoms with Crippen LogP contribution in [0.3, 0.4) is 0 Å². The summed E-state index contributed by atoms with van der Waals surface area (Å²) in [7, 11) is 3.15. The number of carbonyl (C=O) groups is 2. The second-order valence-corrected chi connectivity index (χ2v) is 7.68. The summed E-state index contributed by atoms with van der Waals surface area (Å²) in [5.41, 5.74) is 4.26. The van der Waals surface area contributed by atoms with Gasteiger partial charge < -0.3 is 25.0 Å². The number of anilines is 3. The van der Waals surface area contributed by atoms with Crippen molar-refractivity contribution in [1.82, 2.24) is 0 Å². The highest BCUT2D eigenvalue weighted by Gasteiger charge is 2.17. The van der Waals surface area contributed by atoms with Crippen LogP contribution in [0.2, 0.25) is 0 Å². The molecule has 0 heterocycles. The van der Waals surface area contributed by atoms with Gasteiger partial charge >= 0.3 is 0 Å². The number of hydrogen-bond acceptors (Lipinski definition) is 5. The van der Waals surface area contributed by atoms with Crippen LogP contribution in [-0.4, -0.2) is 39.1 Å². The Morgan fingerprint density at radius 2 is 1.24 bits per heavy atom. The Bertz CT molecular complexity index is 1070. The molecule has 172 valence electrons. The summed E-state index contributed by atoms with van der Waals surface area (Å²) in [6, 6.07) is 20.2. The Kier molecular flexibility index (Phi) is 7.91. The number of carbonyl (C=O) groups excluding carboxylic acids is 2. The van der Waals surface area contributed by atoms with Crippen LogP contribution in [0.1, 0.15) is 11.1 Å². The molecule has 2 N–H and O–H groups in total. The van der Waals surface area contributed by atoms with Crippen molar-refractivity contribution in [3.63, 3.8) is 0 Å². The second-order valence-electron chi connectivity index (χ2n) is 7.68. The van der Waals surface area contributed by atoms with Gasteiger partial charge in [0.2, 0.25) is 11.8 Å². The number of nitrogens with one attached hydrogen (secondary N) is 2. The van der Waals surface area contributed by atoms with Crippen LogP contribution in [0.4, 0.5) is 17.1 Å². The fourth-order valence-corrected chi connectivity index (χ4v) is 3.31. The summed E-state index contributed by atoms with van der Waals surface area (Å²) in [6.45, 7) is 4.04. The fourth-order valence-electron chi connectivity index (χ4n) is 3.31. The Balaban J connectivity index is 1.76. The lowest BCUT2D eigenvalue weighted by molar-refractivity contribution is -0.115. The predicted molar refractivity (Wildman–Crippen MR) is 131 cm³/mol. The fraction of sp³-hybridized carbons (Fsp3) is 0.231. The van der Waals surface area contributed by atoms with Gasteiger partial charge in [0.25, 0.3) is 0 Å². The monoisotopic (exact) mass is 447 g/mol. The number of ether oxygens (including phenoxy) is 2. The summed E-state index contributed by atoms with van der Waals surface area (Å²) in [4.78, 5) is 27.4. The number of hydrogen-bond donors (Lipinski definition) is 2. The molecule has 7 heteroatoms. The van der Waals surface area contributed by atoms with E-state index in [-0.39, 0.29) is 24.9 Å². The van der Waals surface area contributed by atoms with Crippen LogP contribution >= 0.6 is 0 Å². The Morgan fingerprint density at radius 1 is 0.727 bits per heavy atom. The van der Waals surface area contributed by atoms with Gasteiger partial charge in [0.05, 0.1) is 27.3 Å². The maximum Gasteiger partial charge on any atom is 0.243 e. The van der Waals surface area contributed by atoms with Gasteiger partial charge in [-0.2, -0.15) is 0 Å². The zero-order valence-corrected chi connectivity index (χ0v) is 19.3. The van der Waals surface area contributed by atoms with Gasteiger partial charge in [0.15, 0.2) is 0 Å². The molecular weight excluding hydrogens is 418 g/mol. The molecule has 0 radical (unpaired) electrons. The molecular formula is C26H29N3O4. The predicted octanol–water partition coefficient (Wildman–Crippen LogP) is 4.40. The quantitative estimate of drug-likeness (QED) is 0.508. The van der Waals surface area contributed by atoms with E-state index in [1.54, 1.807) is 67.7 Å². The summed E-state index contributed by atoms with van der Waals surface area (Å²) in [6.07, 6.45) is 0. The van der Waals surface area contributed by atoms with Gasteiger partial charge in [0, 0.05) is 29.2 Å². The molecule has 7 nitrogen and oxygen atoms in total. The molecule has 0 aliphatic rings. The number of rotatable bonds is 9. The first-order valence-electron chi connectivity index (χ1n) is 10.6. The lowest BCUT2D eigenvalue weighted by Crippen LogP contribution is -2.39. The molecule has 3 aromatic rings. The summed E-state index contributed by atoms with van der Waals surface area (Å²) in [5, 5.41) is 5.74. The summed E-state index contributed by atoms with van der Waals surface area (Å²) in [5.74, 6) is 0.819. The van der Waals surface area contributed by atoms with Crippen molar-refractivity contribution in [2.75, 3.05) is 42.8 Å². The first kappa shape index (κ1) is 23.7. The average molecular weight is 448 g/mol. The molecule has 33 heavy (non-hydrogen) atoms. The van der Waals surface area contributed by atoms with Crippen LogP contribution in [-0.2, 0) is 9.59 Å². The maximum atomic E-state index is 12.8. The number of nitrogens with zero attached hydrogens (tertiary/aromatic N) is 1. The first-order chi connectivity index (χ1) is 15.9. The molecule has 0 aliphatic carbocycles. The summed E-state index contributed by atoms with van der Waals surface area (Å²) < 4.78 is 10.4. The Labute approximate surface area is 194 Å². The van der Waals surface area contributed by atoms with Gasteiger partial charge in [0.1, 0.15) is 11.5 Å². The van der Waals surface area contributed by atoms with E-state index in [0.29, 0.717) is 22.9 Å². The minimum absolute atomic E-state index is 0.00520. The van der Waals surface area contributed by atoms with Crippen LogP contribution in [0.5, 0.6) is 11.5 Å². The lowest BCUT2D eigenvalue weighted by atomic mass is 10.1. The largest absolute Gasteiger partial charge is 0.497 e. The standard InChI is InChI=1S/C26H29N3O4/c1-18-11-12-22(13-19(18)2)29(16-25(30)27-20-7-5-9-23(14-20)32-3)17-26(31)28-21-8-6-10-24(15-21)33-4/h5-15H,16-17H2,1-4H3,(H,27,30)(H,28,31). The lowest BCUT2D eigenvalue weighted by Gasteiger charge is -2.24.